The van der Waals surface area contributed by atoms with E-state index in [-0.39, 0.29) is 0 Å². The molecule has 1 aliphatic rings. The van der Waals surface area contributed by atoms with Crippen LogP contribution in [-0.4, -0.2) is 21.0 Å². The molecule has 1 aromatic carbocycles. The van der Waals surface area contributed by atoms with Crippen LogP contribution in [0.2, 0.25) is 0 Å². The standard InChI is InChI=1S/C16H17N5S/c1-2-7-15-14(6-1)13(8-17-19-16-20-18-11-22-16)10-21(15)9-12-4-3-5-12/h1-2,6-8,10-12H,3-5,9H2,(H,19,20)/b17-8+. The second-order valence-corrected chi connectivity index (χ2v) is 6.50. The van der Waals surface area contributed by atoms with Crippen molar-refractivity contribution in [2.75, 3.05) is 5.43 Å². The van der Waals surface area contributed by atoms with Crippen LogP contribution in [0.4, 0.5) is 5.13 Å². The lowest BCUT2D eigenvalue weighted by atomic mass is 9.85. The highest BCUT2D eigenvalue weighted by Crippen LogP contribution is 2.30. The molecule has 0 aliphatic heterocycles. The molecule has 1 N–H and O–H groups in total. The third-order valence-electron chi connectivity index (χ3n) is 4.22. The number of para-hydroxylation sites is 1. The number of aromatic nitrogens is 3. The van der Waals surface area contributed by atoms with Crippen molar-refractivity contribution >= 4 is 33.6 Å². The van der Waals surface area contributed by atoms with Crippen LogP contribution < -0.4 is 5.43 Å². The average Bonchev–Trinajstić information content (AvgIpc) is 3.12. The fourth-order valence-electron chi connectivity index (χ4n) is 2.86. The molecular formula is C16H17N5S. The van der Waals surface area contributed by atoms with Crippen molar-refractivity contribution in [2.45, 2.75) is 25.8 Å². The lowest BCUT2D eigenvalue weighted by Gasteiger charge is -2.26. The maximum atomic E-state index is 4.28. The maximum Gasteiger partial charge on any atom is 0.225 e. The van der Waals surface area contributed by atoms with E-state index in [9.17, 15) is 0 Å². The molecule has 0 amide bonds. The van der Waals surface area contributed by atoms with Gasteiger partial charge in [0.15, 0.2) is 0 Å². The Balaban J connectivity index is 1.60. The van der Waals surface area contributed by atoms with Crippen LogP contribution in [0.5, 0.6) is 0 Å². The summed E-state index contributed by atoms with van der Waals surface area (Å²) in [4.78, 5) is 0. The summed E-state index contributed by atoms with van der Waals surface area (Å²) < 4.78 is 2.37. The summed E-state index contributed by atoms with van der Waals surface area (Å²) >= 11 is 1.43. The normalized spacial score (nSPS) is 15.5. The fourth-order valence-corrected chi connectivity index (χ4v) is 3.26. The van der Waals surface area contributed by atoms with E-state index in [1.807, 2.05) is 6.21 Å². The monoisotopic (exact) mass is 311 g/mol. The van der Waals surface area contributed by atoms with E-state index in [4.69, 9.17) is 0 Å². The van der Waals surface area contributed by atoms with Gasteiger partial charge in [0.1, 0.15) is 5.51 Å². The van der Waals surface area contributed by atoms with Crippen LogP contribution in [-0.2, 0) is 6.54 Å². The molecule has 3 aromatic rings. The zero-order chi connectivity index (χ0) is 14.8. The Morgan fingerprint density at radius 2 is 2.27 bits per heavy atom. The van der Waals surface area contributed by atoms with E-state index in [1.54, 1.807) is 5.51 Å². The van der Waals surface area contributed by atoms with Gasteiger partial charge in [0.25, 0.3) is 0 Å². The van der Waals surface area contributed by atoms with Gasteiger partial charge in [0.05, 0.1) is 6.21 Å². The first kappa shape index (κ1) is 13.5. The number of nitrogens with one attached hydrogen (secondary N) is 1. The van der Waals surface area contributed by atoms with Gasteiger partial charge >= 0.3 is 0 Å². The van der Waals surface area contributed by atoms with E-state index in [0.717, 1.165) is 18.0 Å². The summed E-state index contributed by atoms with van der Waals surface area (Å²) in [6.07, 6.45) is 8.16. The molecule has 0 radical (unpaired) electrons. The quantitative estimate of drug-likeness (QED) is 0.577. The number of rotatable bonds is 5. The number of hydrogen-bond donors (Lipinski definition) is 1. The van der Waals surface area contributed by atoms with Crippen LogP contribution in [0.25, 0.3) is 10.9 Å². The van der Waals surface area contributed by atoms with Crippen molar-refractivity contribution in [2.24, 2.45) is 11.0 Å². The molecule has 1 fully saturated rings. The Morgan fingerprint density at radius 1 is 1.36 bits per heavy atom. The Kier molecular flexibility index (Phi) is 3.60. The molecule has 2 aromatic heterocycles. The molecule has 0 unspecified atom stereocenters. The summed E-state index contributed by atoms with van der Waals surface area (Å²) in [6.45, 7) is 1.11. The SMILES string of the molecule is C(=N\Nc1nncs1)/c1cn(CC2CCC2)c2ccccc12. The minimum absolute atomic E-state index is 0.703. The molecule has 112 valence electrons. The lowest BCUT2D eigenvalue weighted by molar-refractivity contribution is 0.280. The molecule has 2 heterocycles. The first-order valence-electron chi connectivity index (χ1n) is 7.53. The lowest BCUT2D eigenvalue weighted by Crippen LogP contribution is -2.17. The molecule has 1 saturated carbocycles. The third-order valence-corrected chi connectivity index (χ3v) is 4.82. The summed E-state index contributed by atoms with van der Waals surface area (Å²) in [5, 5.41) is 13.9. The van der Waals surface area contributed by atoms with E-state index in [1.165, 1.54) is 41.5 Å². The van der Waals surface area contributed by atoms with Crippen molar-refractivity contribution in [3.05, 3.63) is 41.5 Å². The van der Waals surface area contributed by atoms with Gasteiger partial charge in [0, 0.05) is 29.2 Å². The predicted octanol–water partition coefficient (Wildman–Crippen LogP) is 3.74. The summed E-state index contributed by atoms with van der Waals surface area (Å²) in [7, 11) is 0. The van der Waals surface area contributed by atoms with Gasteiger partial charge in [-0.25, -0.2) is 0 Å². The zero-order valence-electron chi connectivity index (χ0n) is 12.1. The first-order valence-corrected chi connectivity index (χ1v) is 8.41. The number of benzene rings is 1. The predicted molar refractivity (Wildman–Crippen MR) is 90.4 cm³/mol. The van der Waals surface area contributed by atoms with Crippen molar-refractivity contribution in [3.8, 4) is 0 Å². The number of anilines is 1. The van der Waals surface area contributed by atoms with Crippen LogP contribution >= 0.6 is 11.3 Å². The second kappa shape index (κ2) is 5.88. The average molecular weight is 311 g/mol. The summed E-state index contributed by atoms with van der Waals surface area (Å²) in [6, 6.07) is 8.51. The number of hydrogen-bond acceptors (Lipinski definition) is 5. The molecule has 1 aliphatic carbocycles. The molecule has 0 spiro atoms. The van der Waals surface area contributed by atoms with Gasteiger partial charge < -0.3 is 4.57 Å². The maximum absolute atomic E-state index is 4.28. The largest absolute Gasteiger partial charge is 0.347 e. The molecule has 5 nitrogen and oxygen atoms in total. The van der Waals surface area contributed by atoms with Crippen molar-refractivity contribution in [1.29, 1.82) is 0 Å². The van der Waals surface area contributed by atoms with Crippen LogP contribution in [0, 0.1) is 5.92 Å². The molecule has 0 bridgehead atoms. The van der Waals surface area contributed by atoms with Gasteiger partial charge in [-0.15, -0.1) is 10.2 Å². The van der Waals surface area contributed by atoms with Gasteiger partial charge in [-0.2, -0.15) is 5.10 Å². The molecule has 22 heavy (non-hydrogen) atoms. The number of nitrogens with zero attached hydrogens (tertiary/aromatic N) is 4. The summed E-state index contributed by atoms with van der Waals surface area (Å²) in [5.41, 5.74) is 7.01. The first-order chi connectivity index (χ1) is 10.9. The van der Waals surface area contributed by atoms with Crippen LogP contribution in [0.15, 0.2) is 41.1 Å². The minimum Gasteiger partial charge on any atom is -0.347 e. The second-order valence-electron chi connectivity index (χ2n) is 5.66. The van der Waals surface area contributed by atoms with Crippen molar-refractivity contribution < 1.29 is 0 Å². The van der Waals surface area contributed by atoms with E-state index < -0.39 is 0 Å². The van der Waals surface area contributed by atoms with Crippen LogP contribution in [0.1, 0.15) is 24.8 Å². The van der Waals surface area contributed by atoms with Gasteiger partial charge in [0.2, 0.25) is 5.13 Å². The molecule has 4 rings (SSSR count). The van der Waals surface area contributed by atoms with Crippen LogP contribution in [0.3, 0.4) is 0 Å². The molecule has 0 atom stereocenters. The topological polar surface area (TPSA) is 55.1 Å². The highest BCUT2D eigenvalue weighted by atomic mass is 32.1. The minimum atomic E-state index is 0.703. The number of fused-ring (bicyclic) bond motifs is 1. The molecular weight excluding hydrogens is 294 g/mol. The number of hydrazone groups is 1. The highest BCUT2D eigenvalue weighted by molar-refractivity contribution is 7.13. The Labute approximate surface area is 132 Å². The Bertz CT molecular complexity index is 786. The molecule has 6 heteroatoms. The zero-order valence-corrected chi connectivity index (χ0v) is 13.0. The van der Waals surface area contributed by atoms with Gasteiger partial charge in [-0.1, -0.05) is 36.0 Å². The molecule has 0 saturated heterocycles. The van der Waals surface area contributed by atoms with E-state index >= 15 is 0 Å². The Morgan fingerprint density at radius 3 is 3.05 bits per heavy atom. The van der Waals surface area contributed by atoms with E-state index in [0.29, 0.717) is 5.13 Å². The van der Waals surface area contributed by atoms with Gasteiger partial charge in [-0.3, -0.25) is 5.43 Å². The Hall–Kier alpha value is -2.21. The summed E-state index contributed by atoms with van der Waals surface area (Å²) in [5.74, 6) is 0.833. The van der Waals surface area contributed by atoms with E-state index in [2.05, 4.69) is 55.8 Å². The smallest absolute Gasteiger partial charge is 0.225 e. The van der Waals surface area contributed by atoms with Crippen molar-refractivity contribution in [3.63, 3.8) is 0 Å². The third kappa shape index (κ3) is 2.62. The fraction of sp³-hybridized carbons (Fsp3) is 0.312. The van der Waals surface area contributed by atoms with Crippen molar-refractivity contribution in [1.82, 2.24) is 14.8 Å². The highest BCUT2D eigenvalue weighted by Gasteiger charge is 2.19. The van der Waals surface area contributed by atoms with Gasteiger partial charge in [-0.05, 0) is 24.8 Å².